The van der Waals surface area contributed by atoms with Crippen LogP contribution in [0.25, 0.3) is 0 Å². The van der Waals surface area contributed by atoms with Gasteiger partial charge in [0.25, 0.3) is 17.3 Å². The maximum absolute atomic E-state index is 12.8. The predicted octanol–water partition coefficient (Wildman–Crippen LogP) is 2.35. The Bertz CT molecular complexity index is 992. The lowest BCUT2D eigenvalue weighted by atomic mass is 9.92. The first-order chi connectivity index (χ1) is 13.7. The van der Waals surface area contributed by atoms with Crippen LogP contribution in [-0.4, -0.2) is 39.8 Å². The van der Waals surface area contributed by atoms with Crippen LogP contribution in [0.3, 0.4) is 0 Å². The molecule has 1 aliphatic rings. The number of ether oxygens (including phenoxy) is 1. The molecule has 0 unspecified atom stereocenters. The van der Waals surface area contributed by atoms with Gasteiger partial charge < -0.3 is 10.1 Å². The first kappa shape index (κ1) is 19.7. The number of nitrogens with one attached hydrogen (secondary N) is 1. The molecular formula is C18H16N4O7. The zero-order chi connectivity index (χ0) is 21.2. The lowest BCUT2D eigenvalue weighted by Gasteiger charge is -2.22. The molecule has 2 aromatic rings. The molecule has 11 nitrogen and oxygen atoms in total. The Labute approximate surface area is 164 Å². The molecule has 1 saturated heterocycles. The number of urea groups is 1. The van der Waals surface area contributed by atoms with Crippen molar-refractivity contribution in [2.24, 2.45) is 0 Å². The quantitative estimate of drug-likeness (QED) is 0.426. The minimum Gasteiger partial charge on any atom is -0.491 e. The zero-order valence-electron chi connectivity index (χ0n) is 15.2. The number of nitro benzene ring substituents is 2. The van der Waals surface area contributed by atoms with Gasteiger partial charge in [0.2, 0.25) is 0 Å². The van der Waals surface area contributed by atoms with Crippen molar-refractivity contribution >= 4 is 23.3 Å². The topological polar surface area (TPSA) is 145 Å². The van der Waals surface area contributed by atoms with E-state index < -0.39 is 27.3 Å². The second kappa shape index (κ2) is 7.54. The smallest absolute Gasteiger partial charge is 0.325 e. The monoisotopic (exact) mass is 400 g/mol. The van der Waals surface area contributed by atoms with E-state index in [0.717, 1.165) is 4.90 Å². The lowest BCUT2D eigenvalue weighted by molar-refractivity contribution is -0.385. The van der Waals surface area contributed by atoms with Gasteiger partial charge in [-0.3, -0.25) is 29.9 Å². The van der Waals surface area contributed by atoms with E-state index in [1.54, 1.807) is 0 Å². The van der Waals surface area contributed by atoms with Gasteiger partial charge >= 0.3 is 6.03 Å². The van der Waals surface area contributed by atoms with Crippen LogP contribution in [0.2, 0.25) is 0 Å². The van der Waals surface area contributed by atoms with E-state index >= 15 is 0 Å². The summed E-state index contributed by atoms with van der Waals surface area (Å²) < 4.78 is 5.42. The number of hydrogen-bond acceptors (Lipinski definition) is 7. The summed E-state index contributed by atoms with van der Waals surface area (Å²) >= 11 is 0. The highest BCUT2D eigenvalue weighted by Gasteiger charge is 2.48. The van der Waals surface area contributed by atoms with Crippen LogP contribution in [-0.2, 0) is 10.3 Å². The second-order valence-electron chi connectivity index (χ2n) is 6.42. The number of imide groups is 1. The summed E-state index contributed by atoms with van der Waals surface area (Å²) in [4.78, 5) is 46.5. The minimum atomic E-state index is -1.36. The Morgan fingerprint density at radius 1 is 1.03 bits per heavy atom. The molecule has 29 heavy (non-hydrogen) atoms. The molecule has 11 heteroatoms. The van der Waals surface area contributed by atoms with Gasteiger partial charge in [-0.1, -0.05) is 6.07 Å². The summed E-state index contributed by atoms with van der Waals surface area (Å²) in [6.45, 7) is 1.38. The summed E-state index contributed by atoms with van der Waals surface area (Å²) in [5.74, 6) is -0.289. The van der Waals surface area contributed by atoms with Crippen molar-refractivity contribution in [3.05, 3.63) is 74.3 Å². The van der Waals surface area contributed by atoms with Gasteiger partial charge in [-0.05, 0) is 30.7 Å². The van der Waals surface area contributed by atoms with E-state index in [0.29, 0.717) is 5.56 Å². The van der Waals surface area contributed by atoms with Crippen molar-refractivity contribution in [3.63, 3.8) is 0 Å². The van der Waals surface area contributed by atoms with Crippen molar-refractivity contribution in [1.82, 2.24) is 10.2 Å². The molecule has 1 N–H and O–H groups in total. The number of carbonyl (C=O) groups excluding carboxylic acids is 2. The molecule has 2 aromatic carbocycles. The van der Waals surface area contributed by atoms with Gasteiger partial charge in [0, 0.05) is 18.2 Å². The Kier molecular flexibility index (Phi) is 5.13. The van der Waals surface area contributed by atoms with Gasteiger partial charge in [-0.2, -0.15) is 0 Å². The number of non-ortho nitro benzene ring substituents is 2. The fraction of sp³-hybridized carbons (Fsp3) is 0.222. The molecule has 0 saturated carbocycles. The van der Waals surface area contributed by atoms with E-state index in [1.165, 1.54) is 55.5 Å². The second-order valence-corrected chi connectivity index (χ2v) is 6.42. The van der Waals surface area contributed by atoms with Gasteiger partial charge in [0.1, 0.15) is 17.9 Å². The average Bonchev–Trinajstić information content (AvgIpc) is 2.92. The van der Waals surface area contributed by atoms with Crippen molar-refractivity contribution in [3.8, 4) is 5.75 Å². The summed E-state index contributed by atoms with van der Waals surface area (Å²) in [5.41, 5.74) is -1.22. The van der Waals surface area contributed by atoms with E-state index in [4.69, 9.17) is 4.74 Å². The normalized spacial score (nSPS) is 18.4. The van der Waals surface area contributed by atoms with Crippen LogP contribution < -0.4 is 10.1 Å². The molecular weight excluding hydrogens is 384 g/mol. The predicted molar refractivity (Wildman–Crippen MR) is 99.3 cm³/mol. The third-order valence-corrected chi connectivity index (χ3v) is 4.54. The van der Waals surface area contributed by atoms with Crippen LogP contribution in [0.5, 0.6) is 5.75 Å². The summed E-state index contributed by atoms with van der Waals surface area (Å²) in [6.07, 6.45) is 0. The fourth-order valence-electron chi connectivity index (χ4n) is 2.95. The minimum absolute atomic E-state index is 0.0589. The molecule has 0 spiro atoms. The van der Waals surface area contributed by atoms with Crippen LogP contribution in [0, 0.1) is 20.2 Å². The molecule has 3 amide bonds. The highest BCUT2D eigenvalue weighted by Crippen LogP contribution is 2.30. The van der Waals surface area contributed by atoms with E-state index in [2.05, 4.69) is 5.32 Å². The number of rotatable bonds is 7. The highest BCUT2D eigenvalue weighted by molar-refractivity contribution is 6.07. The highest BCUT2D eigenvalue weighted by atomic mass is 16.6. The van der Waals surface area contributed by atoms with E-state index in [9.17, 15) is 29.8 Å². The Morgan fingerprint density at radius 2 is 1.69 bits per heavy atom. The van der Waals surface area contributed by atoms with Crippen LogP contribution in [0.1, 0.15) is 12.5 Å². The first-order valence-electron chi connectivity index (χ1n) is 8.48. The van der Waals surface area contributed by atoms with E-state index in [-0.39, 0.29) is 30.3 Å². The van der Waals surface area contributed by atoms with Crippen molar-refractivity contribution in [1.29, 1.82) is 0 Å². The Morgan fingerprint density at radius 3 is 2.31 bits per heavy atom. The number of hydrogen-bond donors (Lipinski definition) is 1. The number of benzene rings is 2. The fourth-order valence-corrected chi connectivity index (χ4v) is 2.95. The van der Waals surface area contributed by atoms with Gasteiger partial charge in [-0.25, -0.2) is 4.79 Å². The lowest BCUT2D eigenvalue weighted by Crippen LogP contribution is -2.41. The van der Waals surface area contributed by atoms with Crippen LogP contribution >= 0.6 is 0 Å². The number of amides is 3. The van der Waals surface area contributed by atoms with Crippen LogP contribution in [0.15, 0.2) is 48.5 Å². The molecule has 0 aromatic heterocycles. The van der Waals surface area contributed by atoms with Crippen LogP contribution in [0.4, 0.5) is 16.2 Å². The largest absolute Gasteiger partial charge is 0.491 e. The molecule has 0 aliphatic carbocycles. The third-order valence-electron chi connectivity index (χ3n) is 4.54. The van der Waals surface area contributed by atoms with Gasteiger partial charge in [0.05, 0.1) is 22.5 Å². The molecule has 1 atom stereocenters. The molecule has 3 rings (SSSR count). The summed E-state index contributed by atoms with van der Waals surface area (Å²) in [6, 6.07) is 10.3. The molecule has 1 aliphatic heterocycles. The third kappa shape index (κ3) is 3.83. The van der Waals surface area contributed by atoms with Crippen molar-refractivity contribution < 1.29 is 24.2 Å². The molecule has 1 heterocycles. The Balaban J connectivity index is 1.68. The Hall–Kier alpha value is -4.02. The van der Waals surface area contributed by atoms with Crippen molar-refractivity contribution in [2.75, 3.05) is 13.2 Å². The van der Waals surface area contributed by atoms with Gasteiger partial charge in [0.15, 0.2) is 0 Å². The summed E-state index contributed by atoms with van der Waals surface area (Å²) in [7, 11) is 0. The van der Waals surface area contributed by atoms with E-state index in [1.807, 2.05) is 0 Å². The first-order valence-corrected chi connectivity index (χ1v) is 8.48. The molecule has 150 valence electrons. The number of nitrogens with zero attached hydrogens (tertiary/aromatic N) is 3. The molecule has 0 bridgehead atoms. The van der Waals surface area contributed by atoms with Gasteiger partial charge in [-0.15, -0.1) is 0 Å². The molecule has 0 radical (unpaired) electrons. The molecule has 1 fully saturated rings. The zero-order valence-corrected chi connectivity index (χ0v) is 15.2. The number of carbonyl (C=O) groups is 2. The standard InChI is InChI=1S/C18H16N4O7/c1-18(12-5-7-13(8-6-12)21(25)26)16(23)20(17(24)19-18)9-10-29-15-4-2-3-14(11-15)22(27)28/h2-8,11H,9-10H2,1H3,(H,19,24)/t18-/m1/s1. The maximum Gasteiger partial charge on any atom is 0.325 e. The number of nitro groups is 2. The summed E-state index contributed by atoms with van der Waals surface area (Å²) in [5, 5.41) is 24.2. The maximum atomic E-state index is 12.8. The SMILES string of the molecule is C[C@]1(c2ccc([N+](=O)[O-])cc2)NC(=O)N(CCOc2cccc([N+](=O)[O-])c2)C1=O. The van der Waals surface area contributed by atoms with Crippen molar-refractivity contribution in [2.45, 2.75) is 12.5 Å². The average molecular weight is 400 g/mol.